The van der Waals surface area contributed by atoms with Crippen molar-refractivity contribution in [2.45, 2.75) is 59.4 Å². The molecule has 0 N–H and O–H groups in total. The Morgan fingerprint density at radius 2 is 1.86 bits per heavy atom. The van der Waals surface area contributed by atoms with Gasteiger partial charge in [-0.25, -0.2) is 0 Å². The van der Waals surface area contributed by atoms with E-state index in [2.05, 4.69) is 36.7 Å². The van der Waals surface area contributed by atoms with Gasteiger partial charge in [0, 0.05) is 12.7 Å². The Morgan fingerprint density at radius 3 is 2.43 bits per heavy atom. The van der Waals surface area contributed by atoms with E-state index in [0.29, 0.717) is 0 Å². The van der Waals surface area contributed by atoms with Crippen molar-refractivity contribution in [1.29, 1.82) is 0 Å². The lowest BCUT2D eigenvalue weighted by molar-refractivity contribution is 0.631. The molecule has 0 aliphatic heterocycles. The normalized spacial score (nSPS) is 14.2. The lowest BCUT2D eigenvalue weighted by Gasteiger charge is -2.06. The molecule has 1 aliphatic rings. The molecule has 0 amide bonds. The summed E-state index contributed by atoms with van der Waals surface area (Å²) in [5, 5.41) is 4.49. The van der Waals surface area contributed by atoms with Gasteiger partial charge in [0.25, 0.3) is 0 Å². The van der Waals surface area contributed by atoms with Gasteiger partial charge >= 0.3 is 0 Å². The average molecular weight is 194 g/mol. The monoisotopic (exact) mass is 194 g/mol. The van der Waals surface area contributed by atoms with Gasteiger partial charge in [0.1, 0.15) is 0 Å². The van der Waals surface area contributed by atoms with E-state index in [1.165, 1.54) is 43.4 Å². The lowest BCUT2D eigenvalue weighted by Crippen LogP contribution is -2.00. The quantitative estimate of drug-likeness (QED) is 0.671. The summed E-state index contributed by atoms with van der Waals surface area (Å²) in [6.07, 6.45) is 8.57. The second-order valence-electron chi connectivity index (χ2n) is 3.87. The molecule has 0 radical (unpaired) electrons. The molecule has 1 aromatic rings. The van der Waals surface area contributed by atoms with E-state index in [-0.39, 0.29) is 0 Å². The Bertz CT molecular complexity index is 240. The number of aromatic nitrogens is 2. The minimum Gasteiger partial charge on any atom is -0.272 e. The molecule has 0 spiro atoms. The van der Waals surface area contributed by atoms with Crippen LogP contribution in [0, 0.1) is 0 Å². The number of rotatable bonds is 1. The summed E-state index contributed by atoms with van der Waals surface area (Å²) in [4.78, 5) is 0. The van der Waals surface area contributed by atoms with Crippen LogP contribution >= 0.6 is 0 Å². The second-order valence-corrected chi connectivity index (χ2v) is 3.87. The summed E-state index contributed by atoms with van der Waals surface area (Å²) in [5.74, 6) is 0. The van der Waals surface area contributed by atoms with Crippen LogP contribution in [0.4, 0.5) is 0 Å². The highest BCUT2D eigenvalue weighted by Gasteiger charge is 2.12. The van der Waals surface area contributed by atoms with Gasteiger partial charge in [0.05, 0.1) is 5.69 Å². The largest absolute Gasteiger partial charge is 0.272 e. The van der Waals surface area contributed by atoms with Crippen molar-refractivity contribution < 1.29 is 0 Å². The molecule has 2 nitrogen and oxygen atoms in total. The molecule has 1 heterocycles. The number of aryl methyl sites for hydroxylation is 3. The highest BCUT2D eigenvalue weighted by Crippen LogP contribution is 2.18. The third-order valence-corrected chi connectivity index (χ3v) is 2.36. The van der Waals surface area contributed by atoms with Crippen molar-refractivity contribution in [3.8, 4) is 0 Å². The van der Waals surface area contributed by atoms with E-state index in [0.717, 1.165) is 6.54 Å². The zero-order valence-electron chi connectivity index (χ0n) is 9.71. The smallest absolute Gasteiger partial charge is 0.0656 e. The third kappa shape index (κ3) is 2.86. The number of nitrogens with zero attached hydrogens (tertiary/aromatic N) is 2. The maximum absolute atomic E-state index is 4.49. The van der Waals surface area contributed by atoms with Gasteiger partial charge in [0.15, 0.2) is 0 Å². The van der Waals surface area contributed by atoms with Crippen LogP contribution in [0.15, 0.2) is 6.20 Å². The van der Waals surface area contributed by atoms with Gasteiger partial charge in [-0.2, -0.15) is 5.10 Å². The fourth-order valence-electron chi connectivity index (χ4n) is 1.69. The first-order valence-electron chi connectivity index (χ1n) is 5.87. The van der Waals surface area contributed by atoms with Gasteiger partial charge in [-0.05, 0) is 38.2 Å². The van der Waals surface area contributed by atoms with E-state index in [1.807, 2.05) is 0 Å². The molecule has 0 unspecified atom stereocenters. The zero-order valence-corrected chi connectivity index (χ0v) is 9.71. The van der Waals surface area contributed by atoms with Crippen LogP contribution in [0.1, 0.15) is 51.3 Å². The van der Waals surface area contributed by atoms with Crippen molar-refractivity contribution >= 4 is 0 Å². The van der Waals surface area contributed by atoms with Crippen molar-refractivity contribution in [2.24, 2.45) is 0 Å². The van der Waals surface area contributed by atoms with Gasteiger partial charge in [-0.3, -0.25) is 4.68 Å². The summed E-state index contributed by atoms with van der Waals surface area (Å²) in [6.45, 7) is 7.39. The van der Waals surface area contributed by atoms with E-state index in [1.54, 1.807) is 0 Å². The van der Waals surface area contributed by atoms with Crippen LogP contribution in [-0.2, 0) is 19.4 Å². The first-order chi connectivity index (χ1) is 6.81. The predicted molar refractivity (Wildman–Crippen MR) is 60.5 cm³/mol. The fourth-order valence-corrected chi connectivity index (χ4v) is 1.69. The molecule has 2 rings (SSSR count). The summed E-state index contributed by atoms with van der Waals surface area (Å²) >= 11 is 0. The van der Waals surface area contributed by atoms with Crippen molar-refractivity contribution in [1.82, 2.24) is 9.78 Å². The Kier molecular flexibility index (Phi) is 4.71. The minimum atomic E-state index is 1.01. The molecule has 0 bridgehead atoms. The van der Waals surface area contributed by atoms with Gasteiger partial charge in [0.2, 0.25) is 0 Å². The fraction of sp³-hybridized carbons (Fsp3) is 0.750. The molecule has 0 aromatic carbocycles. The third-order valence-electron chi connectivity index (χ3n) is 2.36. The summed E-state index contributed by atoms with van der Waals surface area (Å²) in [5.41, 5.74) is 2.83. The maximum Gasteiger partial charge on any atom is 0.0656 e. The average Bonchev–Trinajstić information content (AvgIpc) is 2.61. The maximum atomic E-state index is 4.49. The van der Waals surface area contributed by atoms with E-state index in [9.17, 15) is 0 Å². The molecule has 0 saturated heterocycles. The molecule has 14 heavy (non-hydrogen) atoms. The van der Waals surface area contributed by atoms with Gasteiger partial charge < -0.3 is 0 Å². The zero-order chi connectivity index (χ0) is 10.4. The minimum absolute atomic E-state index is 1.01. The van der Waals surface area contributed by atoms with Crippen LogP contribution in [0.3, 0.4) is 0 Å². The van der Waals surface area contributed by atoms with Gasteiger partial charge in [-0.1, -0.05) is 20.3 Å². The number of hydrogen-bond donors (Lipinski definition) is 0. The van der Waals surface area contributed by atoms with Crippen LogP contribution < -0.4 is 0 Å². The Hall–Kier alpha value is -0.790. The first kappa shape index (κ1) is 11.3. The lowest BCUT2D eigenvalue weighted by atomic mass is 9.99. The molecule has 0 atom stereocenters. The topological polar surface area (TPSA) is 17.8 Å². The van der Waals surface area contributed by atoms with Crippen LogP contribution in [0.5, 0.6) is 0 Å². The second kappa shape index (κ2) is 5.84. The van der Waals surface area contributed by atoms with Crippen molar-refractivity contribution in [3.05, 3.63) is 17.5 Å². The molecule has 0 fully saturated rings. The van der Waals surface area contributed by atoms with E-state index >= 15 is 0 Å². The van der Waals surface area contributed by atoms with Gasteiger partial charge in [-0.15, -0.1) is 0 Å². The molecule has 1 aromatic heterocycles. The SMILES string of the molecule is CCC.CCn1cc2c(n1)CCCC2. The van der Waals surface area contributed by atoms with Crippen LogP contribution in [0.25, 0.3) is 0 Å². The van der Waals surface area contributed by atoms with Crippen molar-refractivity contribution in [2.75, 3.05) is 0 Å². The van der Waals surface area contributed by atoms with Crippen LogP contribution in [0.2, 0.25) is 0 Å². The van der Waals surface area contributed by atoms with E-state index < -0.39 is 0 Å². The summed E-state index contributed by atoms with van der Waals surface area (Å²) < 4.78 is 2.05. The summed E-state index contributed by atoms with van der Waals surface area (Å²) in [6, 6.07) is 0. The van der Waals surface area contributed by atoms with Crippen LogP contribution in [-0.4, -0.2) is 9.78 Å². The Morgan fingerprint density at radius 1 is 1.21 bits per heavy atom. The Balaban J connectivity index is 0.000000293. The molecule has 0 saturated carbocycles. The standard InChI is InChI=1S/C9H14N2.C3H8/c1-2-11-7-8-5-3-4-6-9(8)10-11;1-3-2/h7H,2-6H2,1H3;3H2,1-2H3. The Labute approximate surface area is 87.3 Å². The first-order valence-corrected chi connectivity index (χ1v) is 5.87. The van der Waals surface area contributed by atoms with Crippen molar-refractivity contribution in [3.63, 3.8) is 0 Å². The molecule has 1 aliphatic carbocycles. The number of fused-ring (bicyclic) bond motifs is 1. The molecule has 2 heteroatoms. The number of hydrogen-bond acceptors (Lipinski definition) is 1. The molecular weight excluding hydrogens is 172 g/mol. The molecule has 80 valence electrons. The van der Waals surface area contributed by atoms with E-state index in [4.69, 9.17) is 0 Å². The predicted octanol–water partition coefficient (Wildman–Crippen LogP) is 3.20. The highest BCUT2D eigenvalue weighted by molar-refractivity contribution is 5.19. The highest BCUT2D eigenvalue weighted by atomic mass is 15.3. The molecular formula is C12H22N2. The summed E-state index contributed by atoms with van der Waals surface area (Å²) in [7, 11) is 0.